The predicted molar refractivity (Wildman–Crippen MR) is 57.5 cm³/mol. The Morgan fingerprint density at radius 1 is 1.44 bits per heavy atom. The van der Waals surface area contributed by atoms with Gasteiger partial charge in [-0.05, 0) is 12.1 Å². The highest BCUT2D eigenvalue weighted by Crippen LogP contribution is 2.05. The van der Waals surface area contributed by atoms with Crippen molar-refractivity contribution in [1.29, 1.82) is 0 Å². The molecule has 2 aromatic rings. The maximum atomic E-state index is 12.5. The molecule has 1 N–H and O–H groups in total. The Kier molecular flexibility index (Phi) is 3.21. The van der Waals surface area contributed by atoms with E-state index in [1.165, 1.54) is 23.6 Å². The maximum Gasteiger partial charge on any atom is 0.253 e. The highest BCUT2D eigenvalue weighted by molar-refractivity contribution is 7.09. The summed E-state index contributed by atoms with van der Waals surface area (Å²) in [7, 11) is 0. The summed E-state index contributed by atoms with van der Waals surface area (Å²) in [5, 5.41) is 2.69. The number of amides is 1. The van der Waals surface area contributed by atoms with E-state index in [-0.39, 0.29) is 5.91 Å². The van der Waals surface area contributed by atoms with Crippen molar-refractivity contribution in [3.8, 4) is 0 Å². The lowest BCUT2D eigenvalue weighted by Gasteiger charge is -2.02. The van der Waals surface area contributed by atoms with Gasteiger partial charge in [0, 0.05) is 17.3 Å². The van der Waals surface area contributed by atoms with E-state index in [1.54, 1.807) is 11.7 Å². The Hall–Kier alpha value is -1.82. The quantitative estimate of drug-likeness (QED) is 0.825. The van der Waals surface area contributed by atoms with Crippen molar-refractivity contribution in [2.24, 2.45) is 0 Å². The zero-order valence-electron chi connectivity index (χ0n) is 8.18. The average molecular weight is 237 g/mol. The van der Waals surface area contributed by atoms with Gasteiger partial charge in [-0.25, -0.2) is 4.98 Å². The molecule has 6 heteroatoms. The lowest BCUT2D eigenvalue weighted by Crippen LogP contribution is -2.22. The molecule has 0 atom stereocenters. The first kappa shape index (κ1) is 10.7. The minimum Gasteiger partial charge on any atom is -0.347 e. The number of thiazole rings is 1. The molecule has 0 bridgehead atoms. The predicted octanol–water partition coefficient (Wildman–Crippen LogP) is 1.61. The fourth-order valence-electron chi connectivity index (χ4n) is 1.11. The van der Waals surface area contributed by atoms with Crippen LogP contribution in [-0.4, -0.2) is 15.9 Å². The zero-order chi connectivity index (χ0) is 11.4. The van der Waals surface area contributed by atoms with Crippen LogP contribution in [0.5, 0.6) is 0 Å². The third kappa shape index (κ3) is 2.60. The molecular formula is C10H8FN3OS. The Bertz CT molecular complexity index is 469. The molecule has 2 aromatic heterocycles. The standard InChI is InChI=1S/C10H8FN3OS/c11-9-2-1-7(3-13-9)10(15)14-5-8-4-12-6-16-8/h1-4,6H,5H2,(H,14,15). The van der Waals surface area contributed by atoms with Crippen LogP contribution in [0.4, 0.5) is 4.39 Å². The van der Waals surface area contributed by atoms with Crippen molar-refractivity contribution in [2.75, 3.05) is 0 Å². The van der Waals surface area contributed by atoms with E-state index in [9.17, 15) is 9.18 Å². The molecule has 0 aliphatic rings. The first-order valence-corrected chi connectivity index (χ1v) is 5.41. The van der Waals surface area contributed by atoms with E-state index in [1.807, 2.05) is 0 Å². The molecule has 0 saturated carbocycles. The summed E-state index contributed by atoms with van der Waals surface area (Å²) in [4.78, 5) is 19.8. The van der Waals surface area contributed by atoms with Gasteiger partial charge in [0.15, 0.2) is 0 Å². The second-order valence-electron chi connectivity index (χ2n) is 3.02. The first-order chi connectivity index (χ1) is 7.75. The van der Waals surface area contributed by atoms with Gasteiger partial charge < -0.3 is 5.32 Å². The van der Waals surface area contributed by atoms with Crippen molar-refractivity contribution in [3.05, 3.63) is 46.4 Å². The normalized spacial score (nSPS) is 10.1. The number of aromatic nitrogens is 2. The lowest BCUT2D eigenvalue weighted by atomic mass is 10.2. The number of hydrogen-bond acceptors (Lipinski definition) is 4. The van der Waals surface area contributed by atoms with Crippen LogP contribution in [0.25, 0.3) is 0 Å². The summed E-state index contributed by atoms with van der Waals surface area (Å²) in [5.41, 5.74) is 2.03. The molecule has 16 heavy (non-hydrogen) atoms. The molecule has 0 fully saturated rings. The van der Waals surface area contributed by atoms with Gasteiger partial charge in [-0.15, -0.1) is 11.3 Å². The Morgan fingerprint density at radius 2 is 2.31 bits per heavy atom. The number of halogens is 1. The fourth-order valence-corrected chi connectivity index (χ4v) is 1.64. The van der Waals surface area contributed by atoms with E-state index in [4.69, 9.17) is 0 Å². The molecule has 4 nitrogen and oxygen atoms in total. The molecule has 1 amide bonds. The summed E-state index contributed by atoms with van der Waals surface area (Å²) in [5.74, 6) is -0.875. The zero-order valence-corrected chi connectivity index (χ0v) is 9.00. The summed E-state index contributed by atoms with van der Waals surface area (Å²) < 4.78 is 12.5. The smallest absolute Gasteiger partial charge is 0.253 e. The van der Waals surface area contributed by atoms with Crippen LogP contribution in [0.15, 0.2) is 30.0 Å². The van der Waals surface area contributed by atoms with Crippen LogP contribution in [0.1, 0.15) is 15.2 Å². The minimum absolute atomic E-state index is 0.277. The second kappa shape index (κ2) is 4.80. The molecular weight excluding hydrogens is 229 g/mol. The second-order valence-corrected chi connectivity index (χ2v) is 3.99. The van der Waals surface area contributed by atoms with Crippen molar-refractivity contribution < 1.29 is 9.18 Å². The Morgan fingerprint density at radius 3 is 2.94 bits per heavy atom. The minimum atomic E-state index is -0.598. The molecule has 0 radical (unpaired) electrons. The van der Waals surface area contributed by atoms with Crippen LogP contribution in [0.2, 0.25) is 0 Å². The lowest BCUT2D eigenvalue weighted by molar-refractivity contribution is 0.0951. The Labute approximate surface area is 95.2 Å². The monoisotopic (exact) mass is 237 g/mol. The highest BCUT2D eigenvalue weighted by atomic mass is 32.1. The highest BCUT2D eigenvalue weighted by Gasteiger charge is 2.06. The van der Waals surface area contributed by atoms with Crippen LogP contribution in [0.3, 0.4) is 0 Å². The number of pyridine rings is 1. The largest absolute Gasteiger partial charge is 0.347 e. The van der Waals surface area contributed by atoms with E-state index in [0.29, 0.717) is 12.1 Å². The summed E-state index contributed by atoms with van der Waals surface area (Å²) in [6.45, 7) is 0.418. The molecule has 0 unspecified atom stereocenters. The summed E-state index contributed by atoms with van der Waals surface area (Å²) in [6, 6.07) is 2.55. The number of rotatable bonds is 3. The summed E-state index contributed by atoms with van der Waals surface area (Å²) >= 11 is 1.46. The van der Waals surface area contributed by atoms with E-state index >= 15 is 0 Å². The van der Waals surface area contributed by atoms with Gasteiger partial charge in [-0.3, -0.25) is 9.78 Å². The molecule has 0 aliphatic heterocycles. The van der Waals surface area contributed by atoms with E-state index < -0.39 is 5.95 Å². The van der Waals surface area contributed by atoms with Crippen LogP contribution in [0, 0.1) is 5.95 Å². The van der Waals surface area contributed by atoms with Gasteiger partial charge in [0.2, 0.25) is 5.95 Å². The molecule has 0 saturated heterocycles. The van der Waals surface area contributed by atoms with Crippen molar-refractivity contribution in [1.82, 2.24) is 15.3 Å². The Balaban J connectivity index is 1.95. The van der Waals surface area contributed by atoms with Gasteiger partial charge in [0.05, 0.1) is 17.6 Å². The van der Waals surface area contributed by atoms with E-state index in [0.717, 1.165) is 10.9 Å². The number of carbonyl (C=O) groups is 1. The molecule has 0 spiro atoms. The van der Waals surface area contributed by atoms with Gasteiger partial charge in [-0.2, -0.15) is 4.39 Å². The third-order valence-electron chi connectivity index (χ3n) is 1.90. The molecule has 0 aromatic carbocycles. The van der Waals surface area contributed by atoms with Crippen molar-refractivity contribution >= 4 is 17.2 Å². The van der Waals surface area contributed by atoms with Gasteiger partial charge in [-0.1, -0.05) is 0 Å². The topological polar surface area (TPSA) is 54.9 Å². The van der Waals surface area contributed by atoms with Crippen LogP contribution < -0.4 is 5.32 Å². The fraction of sp³-hybridized carbons (Fsp3) is 0.100. The van der Waals surface area contributed by atoms with Crippen molar-refractivity contribution in [2.45, 2.75) is 6.54 Å². The van der Waals surface area contributed by atoms with Crippen LogP contribution >= 0.6 is 11.3 Å². The average Bonchev–Trinajstić information content (AvgIpc) is 2.80. The van der Waals surface area contributed by atoms with Crippen molar-refractivity contribution in [3.63, 3.8) is 0 Å². The van der Waals surface area contributed by atoms with Gasteiger partial charge in [0.1, 0.15) is 0 Å². The van der Waals surface area contributed by atoms with E-state index in [2.05, 4.69) is 15.3 Å². The number of carbonyl (C=O) groups excluding carboxylic acids is 1. The molecule has 2 rings (SSSR count). The third-order valence-corrected chi connectivity index (χ3v) is 2.68. The number of nitrogens with zero attached hydrogens (tertiary/aromatic N) is 2. The summed E-state index contributed by atoms with van der Waals surface area (Å²) in [6.07, 6.45) is 2.89. The molecule has 82 valence electrons. The first-order valence-electron chi connectivity index (χ1n) is 4.53. The maximum absolute atomic E-state index is 12.5. The van der Waals surface area contributed by atoms with Crippen LogP contribution in [-0.2, 0) is 6.54 Å². The van der Waals surface area contributed by atoms with Gasteiger partial charge >= 0.3 is 0 Å². The SMILES string of the molecule is O=C(NCc1cncs1)c1ccc(F)nc1. The van der Waals surface area contributed by atoms with Gasteiger partial charge in [0.25, 0.3) is 5.91 Å². The molecule has 2 heterocycles. The number of nitrogens with one attached hydrogen (secondary N) is 1. The number of hydrogen-bond donors (Lipinski definition) is 1. The molecule has 0 aliphatic carbocycles.